The van der Waals surface area contributed by atoms with Gasteiger partial charge in [-0.05, 0) is 37.0 Å². The van der Waals surface area contributed by atoms with Crippen molar-refractivity contribution in [2.24, 2.45) is 5.92 Å². The lowest BCUT2D eigenvalue weighted by molar-refractivity contribution is 0.0592. The average molecular weight is 283 g/mol. The first-order valence-corrected chi connectivity index (χ1v) is 6.88. The second-order valence-corrected chi connectivity index (χ2v) is 5.31. The number of hydrogen-bond acceptors (Lipinski definition) is 2. The number of nitrogens with zero attached hydrogens (tertiary/aromatic N) is 1. The van der Waals surface area contributed by atoms with Crippen LogP contribution in [0.3, 0.4) is 0 Å². The molecule has 0 aliphatic carbocycles. The van der Waals surface area contributed by atoms with E-state index in [1.165, 1.54) is 0 Å². The Morgan fingerprint density at radius 1 is 1.47 bits per heavy atom. The molecule has 1 saturated heterocycles. The van der Waals surface area contributed by atoms with Crippen LogP contribution in [0.4, 0.5) is 10.5 Å². The molecule has 1 fully saturated rings. The molecule has 1 aromatic rings. The molecule has 104 valence electrons. The van der Waals surface area contributed by atoms with Crippen molar-refractivity contribution < 1.29 is 9.53 Å². The third-order valence-electron chi connectivity index (χ3n) is 3.30. The summed E-state index contributed by atoms with van der Waals surface area (Å²) in [4.78, 5) is 13.8. The molecular weight excluding hydrogens is 264 g/mol. The van der Waals surface area contributed by atoms with Crippen LogP contribution in [0.15, 0.2) is 24.3 Å². The number of urea groups is 1. The zero-order valence-electron chi connectivity index (χ0n) is 11.1. The molecule has 1 aliphatic heterocycles. The van der Waals surface area contributed by atoms with Gasteiger partial charge in [-0.15, -0.1) is 0 Å². The number of rotatable bonds is 3. The zero-order chi connectivity index (χ0) is 13.7. The summed E-state index contributed by atoms with van der Waals surface area (Å²) in [5.41, 5.74) is 0.719. The molecule has 0 unspecified atom stereocenters. The van der Waals surface area contributed by atoms with Crippen molar-refractivity contribution in [3.05, 3.63) is 29.3 Å². The maximum atomic E-state index is 12.0. The van der Waals surface area contributed by atoms with Crippen LogP contribution in [0, 0.1) is 5.92 Å². The van der Waals surface area contributed by atoms with Gasteiger partial charge in [0.2, 0.25) is 0 Å². The Kier molecular flexibility index (Phi) is 5.05. The van der Waals surface area contributed by atoms with Gasteiger partial charge in [0.25, 0.3) is 0 Å². The van der Waals surface area contributed by atoms with Crippen molar-refractivity contribution in [3.63, 3.8) is 0 Å². The minimum Gasteiger partial charge on any atom is -0.381 e. The molecule has 0 saturated carbocycles. The van der Waals surface area contributed by atoms with Gasteiger partial charge in [0.15, 0.2) is 0 Å². The number of amides is 2. The van der Waals surface area contributed by atoms with Crippen LogP contribution < -0.4 is 5.32 Å². The van der Waals surface area contributed by atoms with Gasteiger partial charge in [-0.1, -0.05) is 17.7 Å². The van der Waals surface area contributed by atoms with E-state index in [1.807, 2.05) is 19.2 Å². The SMILES string of the molecule is CN(CC1CCOCC1)C(=O)Nc1cccc(Cl)c1. The molecule has 0 atom stereocenters. The molecule has 0 aromatic heterocycles. The van der Waals surface area contributed by atoms with Gasteiger partial charge >= 0.3 is 6.03 Å². The summed E-state index contributed by atoms with van der Waals surface area (Å²) in [7, 11) is 1.81. The minimum atomic E-state index is -0.103. The Balaban J connectivity index is 1.84. The maximum absolute atomic E-state index is 12.0. The highest BCUT2D eigenvalue weighted by Gasteiger charge is 2.18. The monoisotopic (exact) mass is 282 g/mol. The predicted octanol–water partition coefficient (Wildman–Crippen LogP) is 3.23. The van der Waals surface area contributed by atoms with E-state index in [0.29, 0.717) is 10.9 Å². The molecule has 1 aliphatic rings. The van der Waals surface area contributed by atoms with Gasteiger partial charge in [0.05, 0.1) is 0 Å². The average Bonchev–Trinajstić information content (AvgIpc) is 2.40. The lowest BCUT2D eigenvalue weighted by Crippen LogP contribution is -2.36. The van der Waals surface area contributed by atoms with Crippen molar-refractivity contribution >= 4 is 23.3 Å². The molecule has 0 spiro atoms. The topological polar surface area (TPSA) is 41.6 Å². The fraction of sp³-hybridized carbons (Fsp3) is 0.500. The van der Waals surface area contributed by atoms with E-state index in [2.05, 4.69) is 5.32 Å². The van der Waals surface area contributed by atoms with Crippen LogP contribution in [0.2, 0.25) is 5.02 Å². The van der Waals surface area contributed by atoms with E-state index in [1.54, 1.807) is 17.0 Å². The zero-order valence-corrected chi connectivity index (χ0v) is 11.8. The van der Waals surface area contributed by atoms with Gasteiger partial charge in [-0.2, -0.15) is 0 Å². The Morgan fingerprint density at radius 2 is 2.21 bits per heavy atom. The summed E-state index contributed by atoms with van der Waals surface area (Å²) >= 11 is 5.88. The standard InChI is InChI=1S/C14H19ClN2O2/c1-17(10-11-5-7-19-8-6-11)14(18)16-13-4-2-3-12(15)9-13/h2-4,9,11H,5-8,10H2,1H3,(H,16,18). The van der Waals surface area contributed by atoms with Crippen LogP contribution in [-0.2, 0) is 4.74 Å². The number of carbonyl (C=O) groups is 1. The number of halogens is 1. The summed E-state index contributed by atoms with van der Waals surface area (Å²) in [6, 6.07) is 7.06. The second kappa shape index (κ2) is 6.78. The predicted molar refractivity (Wildman–Crippen MR) is 76.6 cm³/mol. The Labute approximate surface area is 118 Å². The number of nitrogens with one attached hydrogen (secondary N) is 1. The lowest BCUT2D eigenvalue weighted by atomic mass is 10.00. The molecule has 19 heavy (non-hydrogen) atoms. The second-order valence-electron chi connectivity index (χ2n) is 4.88. The van der Waals surface area contributed by atoms with Crippen molar-refractivity contribution in [1.29, 1.82) is 0 Å². The summed E-state index contributed by atoms with van der Waals surface area (Å²) in [6.45, 7) is 2.36. The third kappa shape index (κ3) is 4.40. The maximum Gasteiger partial charge on any atom is 0.321 e. The van der Waals surface area contributed by atoms with E-state index >= 15 is 0 Å². The summed E-state index contributed by atoms with van der Waals surface area (Å²) in [5, 5.41) is 3.46. The summed E-state index contributed by atoms with van der Waals surface area (Å²) in [5.74, 6) is 0.531. The quantitative estimate of drug-likeness (QED) is 0.925. The first kappa shape index (κ1) is 14.2. The van der Waals surface area contributed by atoms with Gasteiger partial charge in [0, 0.05) is 37.5 Å². The van der Waals surface area contributed by atoms with E-state index in [9.17, 15) is 4.79 Å². The Hall–Kier alpha value is -1.26. The molecule has 1 heterocycles. The molecule has 4 nitrogen and oxygen atoms in total. The third-order valence-corrected chi connectivity index (χ3v) is 3.53. The van der Waals surface area contributed by atoms with Crippen molar-refractivity contribution in [2.75, 3.05) is 32.1 Å². The van der Waals surface area contributed by atoms with Crippen LogP contribution in [-0.4, -0.2) is 37.7 Å². The van der Waals surface area contributed by atoms with Crippen molar-refractivity contribution in [1.82, 2.24) is 4.90 Å². The number of hydrogen-bond donors (Lipinski definition) is 1. The fourth-order valence-corrected chi connectivity index (χ4v) is 2.37. The largest absolute Gasteiger partial charge is 0.381 e. The van der Waals surface area contributed by atoms with Gasteiger partial charge in [-0.25, -0.2) is 4.79 Å². The first-order valence-electron chi connectivity index (χ1n) is 6.50. The highest BCUT2D eigenvalue weighted by molar-refractivity contribution is 6.30. The number of benzene rings is 1. The summed E-state index contributed by atoms with van der Waals surface area (Å²) < 4.78 is 5.32. The first-order chi connectivity index (χ1) is 9.15. The molecule has 1 N–H and O–H groups in total. The van der Waals surface area contributed by atoms with Crippen LogP contribution >= 0.6 is 11.6 Å². The van der Waals surface area contributed by atoms with Crippen molar-refractivity contribution in [3.8, 4) is 0 Å². The number of anilines is 1. The normalized spacial score (nSPS) is 16.1. The molecule has 5 heteroatoms. The van der Waals surface area contributed by atoms with E-state index in [-0.39, 0.29) is 6.03 Å². The fourth-order valence-electron chi connectivity index (χ4n) is 2.18. The minimum absolute atomic E-state index is 0.103. The lowest BCUT2D eigenvalue weighted by Gasteiger charge is -2.27. The molecule has 2 rings (SSSR count). The van der Waals surface area contributed by atoms with Gasteiger partial charge in [-0.3, -0.25) is 0 Å². The Morgan fingerprint density at radius 3 is 2.89 bits per heavy atom. The molecular formula is C14H19ClN2O2. The van der Waals surface area contributed by atoms with Crippen LogP contribution in [0.1, 0.15) is 12.8 Å². The summed E-state index contributed by atoms with van der Waals surface area (Å²) in [6.07, 6.45) is 2.05. The number of carbonyl (C=O) groups excluding carboxylic acids is 1. The van der Waals surface area contributed by atoms with Crippen LogP contribution in [0.25, 0.3) is 0 Å². The highest BCUT2D eigenvalue weighted by atomic mass is 35.5. The molecule has 1 aromatic carbocycles. The van der Waals surface area contributed by atoms with Crippen molar-refractivity contribution in [2.45, 2.75) is 12.8 Å². The van der Waals surface area contributed by atoms with Crippen LogP contribution in [0.5, 0.6) is 0 Å². The highest BCUT2D eigenvalue weighted by Crippen LogP contribution is 2.17. The number of ether oxygens (including phenoxy) is 1. The molecule has 2 amide bonds. The molecule has 0 radical (unpaired) electrons. The van der Waals surface area contributed by atoms with E-state index in [4.69, 9.17) is 16.3 Å². The smallest absolute Gasteiger partial charge is 0.321 e. The van der Waals surface area contributed by atoms with Gasteiger partial charge < -0.3 is 15.0 Å². The van der Waals surface area contributed by atoms with E-state index in [0.717, 1.165) is 38.3 Å². The van der Waals surface area contributed by atoms with E-state index < -0.39 is 0 Å². The Bertz CT molecular complexity index is 433. The molecule has 0 bridgehead atoms. The van der Waals surface area contributed by atoms with Gasteiger partial charge in [0.1, 0.15) is 0 Å².